The molecule has 0 aromatic carbocycles. The summed E-state index contributed by atoms with van der Waals surface area (Å²) in [7, 11) is 0. The van der Waals surface area contributed by atoms with Crippen LogP contribution in [-0.2, 0) is 23.2 Å². The average molecular weight is 192 g/mol. The van der Waals surface area contributed by atoms with E-state index in [1.165, 1.54) is 5.69 Å². The van der Waals surface area contributed by atoms with E-state index >= 15 is 0 Å². The molecule has 0 radical (unpaired) electrons. The summed E-state index contributed by atoms with van der Waals surface area (Å²) in [6, 6.07) is 0. The van der Waals surface area contributed by atoms with Crippen molar-refractivity contribution in [3.05, 3.63) is 17.5 Å². The normalized spacial score (nSPS) is 16.9. The summed E-state index contributed by atoms with van der Waals surface area (Å²) in [6.45, 7) is 6.41. The minimum atomic E-state index is 0.0218. The number of nitrogens with zero attached hydrogens (tertiary/aromatic N) is 2. The number of hydrogen-bond acceptors (Lipinski definition) is 2. The maximum absolute atomic E-state index is 11.2. The van der Waals surface area contributed by atoms with Crippen molar-refractivity contribution in [3.8, 4) is 0 Å². The van der Waals surface area contributed by atoms with Gasteiger partial charge in [0.1, 0.15) is 5.78 Å². The molecule has 1 aromatic rings. The zero-order valence-electron chi connectivity index (χ0n) is 9.00. The first-order valence-corrected chi connectivity index (χ1v) is 5.06. The van der Waals surface area contributed by atoms with Crippen LogP contribution >= 0.6 is 0 Å². The Bertz CT molecular complexity index is 371. The molecule has 0 saturated heterocycles. The summed E-state index contributed by atoms with van der Waals surface area (Å²) in [5.74, 6) is 0.339. The molecule has 0 spiro atoms. The van der Waals surface area contributed by atoms with E-state index in [4.69, 9.17) is 0 Å². The van der Waals surface area contributed by atoms with Crippen molar-refractivity contribution < 1.29 is 4.79 Å². The summed E-state index contributed by atoms with van der Waals surface area (Å²) in [6.07, 6.45) is 3.95. The molecule has 3 heteroatoms. The number of rotatable bonds is 0. The molecule has 0 fully saturated rings. The first-order chi connectivity index (χ1) is 6.48. The summed E-state index contributed by atoms with van der Waals surface area (Å²) >= 11 is 0. The predicted octanol–water partition coefficient (Wildman–Crippen LogP) is 1.70. The van der Waals surface area contributed by atoms with Gasteiger partial charge >= 0.3 is 0 Å². The van der Waals surface area contributed by atoms with Crippen LogP contribution in [-0.4, -0.2) is 15.6 Å². The van der Waals surface area contributed by atoms with Gasteiger partial charge in [-0.2, -0.15) is 5.10 Å². The molecule has 0 aliphatic heterocycles. The van der Waals surface area contributed by atoms with Crippen molar-refractivity contribution in [3.63, 3.8) is 0 Å². The lowest BCUT2D eigenvalue weighted by atomic mass is 9.96. The zero-order chi connectivity index (χ0) is 10.3. The average Bonchev–Trinajstić information content (AvgIpc) is 2.45. The molecular formula is C11H16N2O. The summed E-state index contributed by atoms with van der Waals surface area (Å²) in [4.78, 5) is 11.2. The lowest BCUT2D eigenvalue weighted by Gasteiger charge is -2.24. The first kappa shape index (κ1) is 9.44. The number of hydrogen-bond donors (Lipinski definition) is 0. The maximum atomic E-state index is 11.2. The Balaban J connectivity index is 2.43. The standard InChI is InChI=1S/C11H16N2O/c1-11(2,3)13-10-5-4-9(14)6-8(10)7-12-13/h7H,4-6H2,1-3H3. The molecule has 0 amide bonds. The molecule has 1 heterocycles. The van der Waals surface area contributed by atoms with E-state index in [-0.39, 0.29) is 5.54 Å². The fourth-order valence-corrected chi connectivity index (χ4v) is 1.96. The highest BCUT2D eigenvalue weighted by molar-refractivity contribution is 5.82. The highest BCUT2D eigenvalue weighted by Gasteiger charge is 2.24. The fourth-order valence-electron chi connectivity index (χ4n) is 1.96. The minimum absolute atomic E-state index is 0.0218. The third-order valence-electron chi connectivity index (χ3n) is 2.62. The van der Waals surface area contributed by atoms with Crippen LogP contribution in [0.5, 0.6) is 0 Å². The Labute approximate surface area is 84.1 Å². The van der Waals surface area contributed by atoms with Gasteiger partial charge in [-0.1, -0.05) is 0 Å². The predicted molar refractivity (Wildman–Crippen MR) is 54.3 cm³/mol. The summed E-state index contributed by atoms with van der Waals surface area (Å²) in [5, 5.41) is 4.37. The Morgan fingerprint density at radius 2 is 2.07 bits per heavy atom. The van der Waals surface area contributed by atoms with Gasteiger partial charge in [0.15, 0.2) is 0 Å². The van der Waals surface area contributed by atoms with E-state index < -0.39 is 0 Å². The van der Waals surface area contributed by atoms with Gasteiger partial charge in [-0.15, -0.1) is 0 Å². The molecule has 0 bridgehead atoms. The van der Waals surface area contributed by atoms with Crippen LogP contribution in [0.3, 0.4) is 0 Å². The second-order valence-electron chi connectivity index (χ2n) is 4.91. The van der Waals surface area contributed by atoms with Gasteiger partial charge < -0.3 is 0 Å². The van der Waals surface area contributed by atoms with Crippen LogP contribution in [0, 0.1) is 0 Å². The van der Waals surface area contributed by atoms with E-state index in [0.29, 0.717) is 18.6 Å². The Morgan fingerprint density at radius 1 is 1.36 bits per heavy atom. The number of carbonyl (C=O) groups is 1. The van der Waals surface area contributed by atoms with Crippen molar-refractivity contribution >= 4 is 5.78 Å². The molecular weight excluding hydrogens is 176 g/mol. The molecule has 3 nitrogen and oxygen atoms in total. The Kier molecular flexibility index (Phi) is 1.98. The Hall–Kier alpha value is -1.12. The van der Waals surface area contributed by atoms with E-state index in [1.807, 2.05) is 6.20 Å². The van der Waals surface area contributed by atoms with Crippen molar-refractivity contribution in [1.82, 2.24) is 9.78 Å². The molecule has 1 aromatic heterocycles. The van der Waals surface area contributed by atoms with Gasteiger partial charge in [-0.3, -0.25) is 9.48 Å². The van der Waals surface area contributed by atoms with Crippen molar-refractivity contribution in [2.45, 2.75) is 45.6 Å². The third-order valence-corrected chi connectivity index (χ3v) is 2.62. The van der Waals surface area contributed by atoms with Gasteiger partial charge in [0.2, 0.25) is 0 Å². The zero-order valence-corrected chi connectivity index (χ0v) is 9.00. The van der Waals surface area contributed by atoms with Crippen LogP contribution in [0.1, 0.15) is 38.4 Å². The second-order valence-corrected chi connectivity index (χ2v) is 4.91. The summed E-state index contributed by atoms with van der Waals surface area (Å²) < 4.78 is 2.05. The molecule has 0 unspecified atom stereocenters. The molecule has 2 rings (SSSR count). The van der Waals surface area contributed by atoms with Crippen LogP contribution in [0.25, 0.3) is 0 Å². The maximum Gasteiger partial charge on any atom is 0.137 e. The molecule has 14 heavy (non-hydrogen) atoms. The summed E-state index contributed by atoms with van der Waals surface area (Å²) in [5.41, 5.74) is 2.39. The van der Waals surface area contributed by atoms with Gasteiger partial charge in [-0.05, 0) is 27.2 Å². The number of ketones is 1. The quantitative estimate of drug-likeness (QED) is 0.627. The van der Waals surface area contributed by atoms with Crippen molar-refractivity contribution in [1.29, 1.82) is 0 Å². The van der Waals surface area contributed by atoms with Gasteiger partial charge in [0.25, 0.3) is 0 Å². The van der Waals surface area contributed by atoms with Crippen molar-refractivity contribution in [2.24, 2.45) is 0 Å². The van der Waals surface area contributed by atoms with Gasteiger partial charge in [0.05, 0.1) is 11.7 Å². The highest BCUT2D eigenvalue weighted by Crippen LogP contribution is 2.24. The van der Waals surface area contributed by atoms with Crippen LogP contribution in [0.15, 0.2) is 6.20 Å². The smallest absolute Gasteiger partial charge is 0.137 e. The number of aromatic nitrogens is 2. The van der Waals surface area contributed by atoms with Crippen molar-refractivity contribution in [2.75, 3.05) is 0 Å². The SMILES string of the molecule is CC(C)(C)n1ncc2c1CCC(=O)C2. The number of carbonyl (C=O) groups excluding carboxylic acids is 1. The number of Topliss-reactive ketones (excluding diaryl/α,β-unsaturated/α-hetero) is 1. The highest BCUT2D eigenvalue weighted by atomic mass is 16.1. The second kappa shape index (κ2) is 2.94. The molecule has 0 atom stereocenters. The molecule has 76 valence electrons. The fraction of sp³-hybridized carbons (Fsp3) is 0.636. The molecule has 1 aliphatic carbocycles. The minimum Gasteiger partial charge on any atom is -0.299 e. The lowest BCUT2D eigenvalue weighted by Crippen LogP contribution is -2.27. The first-order valence-electron chi connectivity index (χ1n) is 5.06. The van der Waals surface area contributed by atoms with E-state index in [9.17, 15) is 4.79 Å². The van der Waals surface area contributed by atoms with Crippen LogP contribution in [0.4, 0.5) is 0 Å². The van der Waals surface area contributed by atoms with E-state index in [1.54, 1.807) is 0 Å². The Morgan fingerprint density at radius 3 is 2.71 bits per heavy atom. The van der Waals surface area contributed by atoms with Crippen LogP contribution < -0.4 is 0 Å². The number of fused-ring (bicyclic) bond motifs is 1. The lowest BCUT2D eigenvalue weighted by molar-refractivity contribution is -0.118. The molecule has 0 saturated carbocycles. The largest absolute Gasteiger partial charge is 0.299 e. The van der Waals surface area contributed by atoms with E-state index in [2.05, 4.69) is 30.6 Å². The third kappa shape index (κ3) is 1.47. The molecule has 1 aliphatic rings. The topological polar surface area (TPSA) is 34.9 Å². The van der Waals surface area contributed by atoms with Gasteiger partial charge in [0, 0.05) is 24.1 Å². The molecule has 0 N–H and O–H groups in total. The van der Waals surface area contributed by atoms with Crippen LogP contribution in [0.2, 0.25) is 0 Å². The van der Waals surface area contributed by atoms with E-state index in [0.717, 1.165) is 12.0 Å². The monoisotopic (exact) mass is 192 g/mol. The van der Waals surface area contributed by atoms with Gasteiger partial charge in [-0.25, -0.2) is 0 Å².